The average molecular weight is 271 g/mol. The number of ether oxygens (including phenoxy) is 1. The minimum atomic E-state index is 0.393. The van der Waals surface area contributed by atoms with E-state index in [9.17, 15) is 0 Å². The Morgan fingerprint density at radius 1 is 1.20 bits per heavy atom. The van der Waals surface area contributed by atoms with Crippen molar-refractivity contribution >= 4 is 11.8 Å². The molecule has 3 rings (SSSR count). The summed E-state index contributed by atoms with van der Waals surface area (Å²) >= 11 is 0. The number of rotatable bonds is 4. The van der Waals surface area contributed by atoms with E-state index >= 15 is 0 Å². The number of pyridine rings is 1. The maximum absolute atomic E-state index is 5.13. The van der Waals surface area contributed by atoms with Gasteiger partial charge in [0.05, 0.1) is 13.2 Å². The van der Waals surface area contributed by atoms with Crippen LogP contribution in [0.15, 0.2) is 36.7 Å². The summed E-state index contributed by atoms with van der Waals surface area (Å²) in [4.78, 5) is 17.3. The summed E-state index contributed by atoms with van der Waals surface area (Å²) in [5.74, 6) is 2.29. The highest BCUT2D eigenvalue weighted by Gasteiger charge is 2.32. The molecular formula is C14H17N5O. The molecule has 1 aliphatic rings. The van der Waals surface area contributed by atoms with Gasteiger partial charge in [-0.15, -0.1) is 0 Å². The van der Waals surface area contributed by atoms with Gasteiger partial charge in [-0.3, -0.25) is 0 Å². The van der Waals surface area contributed by atoms with Crippen molar-refractivity contribution in [3.05, 3.63) is 36.7 Å². The van der Waals surface area contributed by atoms with Crippen molar-refractivity contribution in [3.63, 3.8) is 0 Å². The zero-order valence-electron chi connectivity index (χ0n) is 11.6. The van der Waals surface area contributed by atoms with Crippen LogP contribution in [0.1, 0.15) is 0 Å². The van der Waals surface area contributed by atoms with Gasteiger partial charge in [0.25, 0.3) is 0 Å². The smallest absolute Gasteiger partial charge is 0.228 e. The molecule has 0 amide bonds. The van der Waals surface area contributed by atoms with E-state index in [1.807, 2.05) is 31.4 Å². The number of methoxy groups -OCH3 is 1. The molecule has 0 aromatic carbocycles. The predicted molar refractivity (Wildman–Crippen MR) is 77.2 cm³/mol. The Hall–Kier alpha value is -2.37. The van der Waals surface area contributed by atoms with Crippen LogP contribution in [0.5, 0.6) is 5.88 Å². The molecule has 6 heteroatoms. The zero-order chi connectivity index (χ0) is 13.9. The highest BCUT2D eigenvalue weighted by Crippen LogP contribution is 2.23. The molecule has 0 saturated carbocycles. The number of likely N-dealkylation sites (N-methyl/N-ethyl adjacent to an activating group) is 1. The lowest BCUT2D eigenvalue weighted by atomic mass is 10.1. The summed E-state index contributed by atoms with van der Waals surface area (Å²) < 4.78 is 5.13. The summed E-state index contributed by atoms with van der Waals surface area (Å²) in [5.41, 5.74) is 0. The molecule has 1 fully saturated rings. The van der Waals surface area contributed by atoms with Crippen LogP contribution in [0.3, 0.4) is 0 Å². The van der Waals surface area contributed by atoms with Crippen molar-refractivity contribution in [2.45, 2.75) is 6.04 Å². The summed E-state index contributed by atoms with van der Waals surface area (Å²) in [6, 6.07) is 8.10. The molecule has 104 valence electrons. The Morgan fingerprint density at radius 3 is 2.75 bits per heavy atom. The summed E-state index contributed by atoms with van der Waals surface area (Å²) in [6.45, 7) is 1.85. The fourth-order valence-corrected chi connectivity index (χ4v) is 2.21. The van der Waals surface area contributed by atoms with Gasteiger partial charge in [0.2, 0.25) is 11.8 Å². The first kappa shape index (κ1) is 12.7. The predicted octanol–water partition coefficient (Wildman–Crippen LogP) is 1.21. The molecular weight excluding hydrogens is 254 g/mol. The van der Waals surface area contributed by atoms with Gasteiger partial charge < -0.3 is 14.5 Å². The molecule has 0 aliphatic carbocycles. The third-order valence-electron chi connectivity index (χ3n) is 3.53. The van der Waals surface area contributed by atoms with Gasteiger partial charge in [-0.25, -0.2) is 9.97 Å². The van der Waals surface area contributed by atoms with Crippen LogP contribution in [-0.4, -0.2) is 48.2 Å². The molecule has 0 atom stereocenters. The third-order valence-corrected chi connectivity index (χ3v) is 3.53. The lowest BCUT2D eigenvalue weighted by Crippen LogP contribution is -2.59. The first-order valence-electron chi connectivity index (χ1n) is 6.54. The van der Waals surface area contributed by atoms with Crippen LogP contribution in [0, 0.1) is 0 Å². The third kappa shape index (κ3) is 2.36. The molecule has 0 unspecified atom stereocenters. The van der Waals surface area contributed by atoms with E-state index < -0.39 is 0 Å². The lowest BCUT2D eigenvalue weighted by molar-refractivity contribution is 0.395. The number of hydrogen-bond donors (Lipinski definition) is 0. The summed E-state index contributed by atoms with van der Waals surface area (Å²) in [7, 11) is 3.62. The second-order valence-electron chi connectivity index (χ2n) is 4.76. The quantitative estimate of drug-likeness (QED) is 0.833. The van der Waals surface area contributed by atoms with Crippen molar-refractivity contribution in [2.24, 2.45) is 0 Å². The van der Waals surface area contributed by atoms with Gasteiger partial charge in [-0.05, 0) is 12.1 Å². The molecule has 2 aromatic rings. The van der Waals surface area contributed by atoms with Crippen LogP contribution in [0.4, 0.5) is 11.8 Å². The Morgan fingerprint density at radius 2 is 2.05 bits per heavy atom. The topological polar surface area (TPSA) is 54.4 Å². The van der Waals surface area contributed by atoms with Crippen molar-refractivity contribution in [2.75, 3.05) is 37.0 Å². The molecule has 0 radical (unpaired) electrons. The fraction of sp³-hybridized carbons (Fsp3) is 0.357. The molecule has 3 heterocycles. The SMILES string of the molecule is COc1ccnc(N(C)C2CN(c3ccccn3)C2)n1. The van der Waals surface area contributed by atoms with E-state index in [1.165, 1.54) is 0 Å². The van der Waals surface area contributed by atoms with Crippen molar-refractivity contribution < 1.29 is 4.74 Å². The number of nitrogens with zero attached hydrogens (tertiary/aromatic N) is 5. The molecule has 1 saturated heterocycles. The maximum atomic E-state index is 5.13. The Bertz CT molecular complexity index is 571. The van der Waals surface area contributed by atoms with Crippen LogP contribution >= 0.6 is 0 Å². The molecule has 0 N–H and O–H groups in total. The van der Waals surface area contributed by atoms with Gasteiger partial charge in [-0.2, -0.15) is 4.98 Å². The minimum absolute atomic E-state index is 0.393. The minimum Gasteiger partial charge on any atom is -0.481 e. The standard InChI is InChI=1S/C14H17N5O/c1-18(14-16-8-6-13(17-14)20-2)11-9-19(10-11)12-5-3-4-7-15-12/h3-8,11H,9-10H2,1-2H3. The van der Waals surface area contributed by atoms with Crippen LogP contribution in [0.2, 0.25) is 0 Å². The van der Waals surface area contributed by atoms with Crippen molar-refractivity contribution in [1.82, 2.24) is 15.0 Å². The molecule has 20 heavy (non-hydrogen) atoms. The van der Waals surface area contributed by atoms with Crippen molar-refractivity contribution in [3.8, 4) is 5.88 Å². The van der Waals surface area contributed by atoms with E-state index in [0.29, 0.717) is 17.9 Å². The first-order chi connectivity index (χ1) is 9.78. The second-order valence-corrected chi connectivity index (χ2v) is 4.76. The van der Waals surface area contributed by atoms with E-state index in [0.717, 1.165) is 18.9 Å². The van der Waals surface area contributed by atoms with E-state index in [2.05, 4.69) is 24.8 Å². The number of anilines is 2. The lowest BCUT2D eigenvalue weighted by Gasteiger charge is -2.44. The number of hydrogen-bond acceptors (Lipinski definition) is 6. The monoisotopic (exact) mass is 271 g/mol. The highest BCUT2D eigenvalue weighted by molar-refractivity contribution is 5.46. The fourth-order valence-electron chi connectivity index (χ4n) is 2.21. The van der Waals surface area contributed by atoms with Gasteiger partial charge >= 0.3 is 0 Å². The Balaban J connectivity index is 1.64. The maximum Gasteiger partial charge on any atom is 0.228 e. The van der Waals surface area contributed by atoms with E-state index in [4.69, 9.17) is 4.74 Å². The van der Waals surface area contributed by atoms with Crippen LogP contribution < -0.4 is 14.5 Å². The van der Waals surface area contributed by atoms with Gasteiger partial charge in [0.15, 0.2) is 0 Å². The average Bonchev–Trinajstić information content (AvgIpc) is 2.47. The largest absolute Gasteiger partial charge is 0.481 e. The van der Waals surface area contributed by atoms with Crippen molar-refractivity contribution in [1.29, 1.82) is 0 Å². The molecule has 1 aliphatic heterocycles. The van der Waals surface area contributed by atoms with Crippen LogP contribution in [0.25, 0.3) is 0 Å². The molecule has 0 bridgehead atoms. The molecule has 0 spiro atoms. The summed E-state index contributed by atoms with van der Waals surface area (Å²) in [6.07, 6.45) is 3.53. The van der Waals surface area contributed by atoms with Gasteiger partial charge in [0, 0.05) is 38.6 Å². The first-order valence-corrected chi connectivity index (χ1v) is 6.54. The summed E-state index contributed by atoms with van der Waals surface area (Å²) in [5, 5.41) is 0. The highest BCUT2D eigenvalue weighted by atomic mass is 16.5. The zero-order valence-corrected chi connectivity index (χ0v) is 11.6. The van der Waals surface area contributed by atoms with Gasteiger partial charge in [-0.1, -0.05) is 6.07 Å². The molecule has 6 nitrogen and oxygen atoms in total. The molecule has 2 aromatic heterocycles. The Labute approximate surface area is 118 Å². The van der Waals surface area contributed by atoms with E-state index in [-0.39, 0.29) is 0 Å². The second kappa shape index (κ2) is 5.32. The number of aromatic nitrogens is 3. The van der Waals surface area contributed by atoms with Crippen LogP contribution in [-0.2, 0) is 0 Å². The normalized spacial score (nSPS) is 14.8. The van der Waals surface area contributed by atoms with E-state index in [1.54, 1.807) is 19.4 Å². The Kier molecular flexibility index (Phi) is 3.37. The van der Waals surface area contributed by atoms with Gasteiger partial charge in [0.1, 0.15) is 5.82 Å².